The zero-order chi connectivity index (χ0) is 21.8. The summed E-state index contributed by atoms with van der Waals surface area (Å²) in [6.07, 6.45) is 10.0. The lowest BCUT2D eigenvalue weighted by atomic mass is 9.46. The van der Waals surface area contributed by atoms with Gasteiger partial charge in [-0.2, -0.15) is 0 Å². The van der Waals surface area contributed by atoms with Crippen LogP contribution in [0.3, 0.4) is 0 Å². The highest BCUT2D eigenvalue weighted by atomic mass is 16.7. The van der Waals surface area contributed by atoms with Crippen molar-refractivity contribution in [1.29, 1.82) is 0 Å². The van der Waals surface area contributed by atoms with Crippen molar-refractivity contribution in [1.82, 2.24) is 0 Å². The third kappa shape index (κ3) is 2.62. The van der Waals surface area contributed by atoms with Gasteiger partial charge in [0.2, 0.25) is 0 Å². The van der Waals surface area contributed by atoms with Crippen molar-refractivity contribution in [3.05, 3.63) is 11.6 Å². The SMILES string of the molecule is C[C@H]1CC[C@@]2(OC1)O[C@H]1C[C@H]3[C@@H]4CC=C5C[C@@H](O)CC[C@]5(C)[C@H]4CC(=O)[C@]3(C)[C@H]1[C@@H]2C. The van der Waals surface area contributed by atoms with Gasteiger partial charge in [-0.3, -0.25) is 4.79 Å². The summed E-state index contributed by atoms with van der Waals surface area (Å²) in [6.45, 7) is 10.0. The Kier molecular flexibility index (Phi) is 4.49. The van der Waals surface area contributed by atoms with Crippen molar-refractivity contribution < 1.29 is 19.4 Å². The fraction of sp³-hybridized carbons (Fsp3) is 0.889. The molecule has 31 heavy (non-hydrogen) atoms. The van der Waals surface area contributed by atoms with Crippen molar-refractivity contribution in [3.8, 4) is 0 Å². The summed E-state index contributed by atoms with van der Waals surface area (Å²) in [5.41, 5.74) is 1.24. The van der Waals surface area contributed by atoms with E-state index >= 15 is 0 Å². The Balaban J connectivity index is 1.32. The number of Topliss-reactive ketones (excluding diaryl/α,β-unsaturated/α-hetero) is 1. The molecule has 0 radical (unpaired) electrons. The number of allylic oxidation sites excluding steroid dienone is 1. The predicted octanol–water partition coefficient (Wildman–Crippen LogP) is 4.89. The first-order valence-electron chi connectivity index (χ1n) is 12.9. The number of carbonyl (C=O) groups excluding carboxylic acids is 1. The molecule has 0 aromatic rings. The number of hydrogen-bond acceptors (Lipinski definition) is 4. The first-order valence-corrected chi connectivity index (χ1v) is 12.9. The van der Waals surface area contributed by atoms with Crippen molar-refractivity contribution in [3.63, 3.8) is 0 Å². The second-order valence-corrected chi connectivity index (χ2v) is 12.5. The molecule has 1 N–H and O–H groups in total. The fourth-order valence-corrected chi connectivity index (χ4v) is 9.34. The maximum atomic E-state index is 14.0. The van der Waals surface area contributed by atoms with Crippen LogP contribution in [0.25, 0.3) is 0 Å². The van der Waals surface area contributed by atoms with Gasteiger partial charge < -0.3 is 14.6 Å². The summed E-state index contributed by atoms with van der Waals surface area (Å²) in [5.74, 6) is 2.59. The summed E-state index contributed by atoms with van der Waals surface area (Å²) in [5, 5.41) is 10.2. The quantitative estimate of drug-likeness (QED) is 0.558. The van der Waals surface area contributed by atoms with E-state index in [1.54, 1.807) is 0 Å². The number of aliphatic hydroxyl groups is 1. The van der Waals surface area contributed by atoms with Crippen LogP contribution < -0.4 is 0 Å². The molecule has 6 rings (SSSR count). The average molecular weight is 429 g/mol. The number of ether oxygens (including phenoxy) is 2. The lowest BCUT2D eigenvalue weighted by Gasteiger charge is -2.57. The Labute approximate surface area is 187 Å². The lowest BCUT2D eigenvalue weighted by Crippen LogP contribution is -2.56. The predicted molar refractivity (Wildman–Crippen MR) is 118 cm³/mol. The Morgan fingerprint density at radius 1 is 1.10 bits per heavy atom. The van der Waals surface area contributed by atoms with Gasteiger partial charge in [0.1, 0.15) is 5.78 Å². The van der Waals surface area contributed by atoms with Crippen LogP contribution in [-0.4, -0.2) is 35.5 Å². The molecule has 6 aliphatic rings. The minimum atomic E-state index is -0.460. The summed E-state index contributed by atoms with van der Waals surface area (Å²) in [4.78, 5) is 14.0. The molecule has 0 aromatic heterocycles. The van der Waals surface area contributed by atoms with Crippen molar-refractivity contribution >= 4 is 5.78 Å². The molecule has 0 bridgehead atoms. The molecule has 5 fully saturated rings. The van der Waals surface area contributed by atoms with Crippen LogP contribution in [0.5, 0.6) is 0 Å². The van der Waals surface area contributed by atoms with E-state index in [0.29, 0.717) is 35.9 Å². The zero-order valence-electron chi connectivity index (χ0n) is 19.7. The van der Waals surface area contributed by atoms with E-state index in [2.05, 4.69) is 33.8 Å². The van der Waals surface area contributed by atoms with Crippen LogP contribution in [0.15, 0.2) is 11.6 Å². The van der Waals surface area contributed by atoms with Crippen LogP contribution in [-0.2, 0) is 14.3 Å². The molecule has 4 aliphatic carbocycles. The lowest BCUT2D eigenvalue weighted by molar-refractivity contribution is -0.272. The number of hydrogen-bond donors (Lipinski definition) is 1. The van der Waals surface area contributed by atoms with Gasteiger partial charge in [-0.15, -0.1) is 0 Å². The van der Waals surface area contributed by atoms with E-state index in [4.69, 9.17) is 9.47 Å². The van der Waals surface area contributed by atoms with E-state index in [1.165, 1.54) is 5.57 Å². The first kappa shape index (κ1) is 20.9. The van der Waals surface area contributed by atoms with E-state index < -0.39 is 5.79 Å². The van der Waals surface area contributed by atoms with Gasteiger partial charge in [0.15, 0.2) is 5.79 Å². The molecule has 4 heteroatoms. The number of fused-ring (bicyclic) bond motifs is 7. The highest BCUT2D eigenvalue weighted by Gasteiger charge is 2.71. The molecule has 1 spiro atoms. The summed E-state index contributed by atoms with van der Waals surface area (Å²) in [7, 11) is 0. The minimum Gasteiger partial charge on any atom is -0.393 e. The maximum absolute atomic E-state index is 14.0. The van der Waals surface area contributed by atoms with E-state index in [0.717, 1.165) is 51.6 Å². The Morgan fingerprint density at radius 2 is 1.90 bits per heavy atom. The van der Waals surface area contributed by atoms with E-state index in [1.807, 2.05) is 0 Å². The summed E-state index contributed by atoms with van der Waals surface area (Å²) < 4.78 is 13.2. The molecule has 11 atom stereocenters. The zero-order valence-corrected chi connectivity index (χ0v) is 19.7. The monoisotopic (exact) mass is 428 g/mol. The number of carbonyl (C=O) groups is 1. The third-order valence-electron chi connectivity index (χ3n) is 11.2. The van der Waals surface area contributed by atoms with E-state index in [-0.39, 0.29) is 34.9 Å². The van der Waals surface area contributed by atoms with Gasteiger partial charge in [0.05, 0.1) is 18.8 Å². The van der Waals surface area contributed by atoms with Gasteiger partial charge in [-0.05, 0) is 67.6 Å². The Bertz CT molecular complexity index is 810. The summed E-state index contributed by atoms with van der Waals surface area (Å²) >= 11 is 0. The highest BCUT2D eigenvalue weighted by Crippen LogP contribution is 2.69. The number of ketones is 1. The smallest absolute Gasteiger partial charge is 0.171 e. The second kappa shape index (κ2) is 6.67. The molecule has 2 heterocycles. The third-order valence-corrected chi connectivity index (χ3v) is 11.2. The average Bonchev–Trinajstić information content (AvgIpc) is 3.18. The van der Waals surface area contributed by atoms with Gasteiger partial charge in [0, 0.05) is 30.1 Å². The molecular formula is C27H40O4. The molecule has 172 valence electrons. The Morgan fingerprint density at radius 3 is 2.65 bits per heavy atom. The van der Waals surface area contributed by atoms with Crippen molar-refractivity contribution in [2.45, 2.75) is 97.1 Å². The summed E-state index contributed by atoms with van der Waals surface area (Å²) in [6, 6.07) is 0. The molecule has 2 saturated heterocycles. The maximum Gasteiger partial charge on any atom is 0.171 e. The van der Waals surface area contributed by atoms with Crippen LogP contribution in [0, 0.1) is 46.3 Å². The van der Waals surface area contributed by atoms with Crippen LogP contribution >= 0.6 is 0 Å². The molecule has 0 amide bonds. The Hall–Kier alpha value is -0.710. The van der Waals surface area contributed by atoms with Gasteiger partial charge in [0.25, 0.3) is 0 Å². The number of aliphatic hydroxyl groups excluding tert-OH is 1. The van der Waals surface area contributed by atoms with Gasteiger partial charge in [-0.1, -0.05) is 39.3 Å². The van der Waals surface area contributed by atoms with Gasteiger partial charge >= 0.3 is 0 Å². The molecule has 4 nitrogen and oxygen atoms in total. The fourth-order valence-electron chi connectivity index (χ4n) is 9.34. The number of rotatable bonds is 0. The van der Waals surface area contributed by atoms with E-state index in [9.17, 15) is 9.90 Å². The van der Waals surface area contributed by atoms with Gasteiger partial charge in [-0.25, -0.2) is 0 Å². The van der Waals surface area contributed by atoms with Crippen LogP contribution in [0.4, 0.5) is 0 Å². The standard InChI is InChI=1S/C27H40O4/c1-15-7-10-27(30-14-15)16(2)24-22(31-27)12-21-19-6-5-17-11-18(28)8-9-25(17,3)20(19)13-23(29)26(21,24)4/h5,15-16,18-22,24,28H,6-14H2,1-4H3/t15-,16-,18-,19+,20-,21-,22-,24-,25-,26+,27+/m0/s1. The molecule has 2 aliphatic heterocycles. The largest absolute Gasteiger partial charge is 0.393 e. The topological polar surface area (TPSA) is 55.8 Å². The van der Waals surface area contributed by atoms with Crippen LogP contribution in [0.2, 0.25) is 0 Å². The highest BCUT2D eigenvalue weighted by molar-refractivity contribution is 5.87. The van der Waals surface area contributed by atoms with Crippen molar-refractivity contribution in [2.24, 2.45) is 46.3 Å². The normalized spacial score (nSPS) is 58.4. The molecule has 0 aromatic carbocycles. The molecule has 0 unspecified atom stereocenters. The minimum absolute atomic E-state index is 0.0904. The molecular weight excluding hydrogens is 388 g/mol. The first-order chi connectivity index (χ1) is 14.7. The second-order valence-electron chi connectivity index (χ2n) is 12.5. The molecule has 3 saturated carbocycles. The van der Waals surface area contributed by atoms with Crippen molar-refractivity contribution in [2.75, 3.05) is 6.61 Å². The van der Waals surface area contributed by atoms with Crippen LogP contribution in [0.1, 0.15) is 79.1 Å².